The summed E-state index contributed by atoms with van der Waals surface area (Å²) in [6, 6.07) is 0. The zero-order valence-corrected chi connectivity index (χ0v) is 15.7. The number of carbonyl (C=O) groups excluding carboxylic acids is 2. The second-order valence-electron chi connectivity index (χ2n) is 3.98. The Morgan fingerprint density at radius 1 is 0.889 bits per heavy atom. The van der Waals surface area contributed by atoms with Gasteiger partial charge in [-0.1, -0.05) is 0 Å². The summed E-state index contributed by atoms with van der Waals surface area (Å²) >= 11 is 0. The molecule has 0 rings (SSSR count). The largest absolute Gasteiger partial charge is 0.387 e. The first kappa shape index (κ1) is 36.0. The van der Waals surface area contributed by atoms with E-state index in [0.717, 1.165) is 0 Å². The fourth-order valence-electron chi connectivity index (χ4n) is 0.951. The van der Waals surface area contributed by atoms with Gasteiger partial charge in [0.05, 0.1) is 6.17 Å². The molecule has 0 aliphatic rings. The Morgan fingerprint density at radius 3 is 1.52 bits per heavy atom. The lowest BCUT2D eigenvalue weighted by Crippen LogP contribution is -2.55. The number of aliphatic hydroxyl groups excluding tert-OH is 4. The average Bonchev–Trinajstić information content (AvgIpc) is 2.75. The third-order valence-electron chi connectivity index (χ3n) is 2.18. The standard InChI is InChI=1S/C8H17N3O6.C2H8N2.3C2H4/c9-1-4(10)11-8(17)7(16)6(15)5(14)3(13)2-12;3-1-2-4;3*1-2/h2-7,13-16H,1,9-10H2,(H,11,17);1-4H2;3*1-2H2/t3-,4?,5-,6+,7-;;;;/m1..../s1. The van der Waals surface area contributed by atoms with E-state index in [0.29, 0.717) is 13.1 Å². The smallest absolute Gasteiger partial charge is 0.252 e. The summed E-state index contributed by atoms with van der Waals surface area (Å²) in [6.45, 7) is 19.1. The molecule has 0 saturated heterocycles. The maximum absolute atomic E-state index is 11.2. The fraction of sp³-hybridized carbons (Fsp3) is 0.500. The first-order chi connectivity index (χ1) is 12.8. The molecule has 5 atom stereocenters. The number of nitrogens with two attached hydrogens (primary N) is 4. The van der Waals surface area contributed by atoms with E-state index in [1.807, 2.05) is 5.32 Å². The van der Waals surface area contributed by atoms with Gasteiger partial charge < -0.3 is 53.5 Å². The maximum atomic E-state index is 11.2. The molecule has 1 amide bonds. The van der Waals surface area contributed by atoms with Gasteiger partial charge in [0.25, 0.3) is 5.91 Å². The Morgan fingerprint density at radius 2 is 1.26 bits per heavy atom. The van der Waals surface area contributed by atoms with Crippen LogP contribution in [0, 0.1) is 0 Å². The highest BCUT2D eigenvalue weighted by Crippen LogP contribution is 2.04. The molecule has 0 aliphatic carbocycles. The summed E-state index contributed by atoms with van der Waals surface area (Å²) in [6.07, 6.45) is -8.92. The van der Waals surface area contributed by atoms with Crippen molar-refractivity contribution in [3.05, 3.63) is 39.5 Å². The van der Waals surface area contributed by atoms with E-state index < -0.39 is 36.5 Å². The normalized spacial score (nSPS) is 14.1. The molecule has 0 aliphatic heterocycles. The molecule has 0 aromatic heterocycles. The summed E-state index contributed by atoms with van der Waals surface area (Å²) in [5.41, 5.74) is 20.2. The molecule has 11 nitrogen and oxygen atoms in total. The molecular weight excluding hydrogens is 358 g/mol. The van der Waals surface area contributed by atoms with Crippen LogP contribution in [0.5, 0.6) is 0 Å². The van der Waals surface area contributed by atoms with E-state index in [9.17, 15) is 19.8 Å². The van der Waals surface area contributed by atoms with Gasteiger partial charge >= 0.3 is 0 Å². The third-order valence-corrected chi connectivity index (χ3v) is 2.18. The number of amides is 1. The minimum atomic E-state index is -2.04. The number of nitrogens with one attached hydrogen (secondary N) is 1. The van der Waals surface area contributed by atoms with Gasteiger partial charge in [-0.2, -0.15) is 0 Å². The van der Waals surface area contributed by atoms with Gasteiger partial charge in [0.1, 0.15) is 18.3 Å². The van der Waals surface area contributed by atoms with Crippen LogP contribution < -0.4 is 28.3 Å². The van der Waals surface area contributed by atoms with Gasteiger partial charge in [0, 0.05) is 19.6 Å². The number of hydrogen-bond acceptors (Lipinski definition) is 10. The molecule has 0 spiro atoms. The number of rotatable bonds is 8. The maximum Gasteiger partial charge on any atom is 0.252 e. The highest BCUT2D eigenvalue weighted by Gasteiger charge is 2.34. The minimum absolute atomic E-state index is 0.0376. The zero-order valence-electron chi connectivity index (χ0n) is 15.7. The Hall–Kier alpha value is -1.96. The summed E-state index contributed by atoms with van der Waals surface area (Å²) in [4.78, 5) is 21.4. The minimum Gasteiger partial charge on any atom is -0.387 e. The van der Waals surface area contributed by atoms with E-state index in [4.69, 9.17) is 33.1 Å². The molecule has 0 heterocycles. The van der Waals surface area contributed by atoms with E-state index in [1.54, 1.807) is 0 Å². The molecule has 11 heteroatoms. The Kier molecular flexibility index (Phi) is 38.5. The summed E-state index contributed by atoms with van der Waals surface area (Å²) in [5.74, 6) is -1.08. The average molecular weight is 396 g/mol. The lowest BCUT2D eigenvalue weighted by atomic mass is 10.0. The number of aliphatic hydroxyl groups is 4. The van der Waals surface area contributed by atoms with Gasteiger partial charge in [-0.05, 0) is 0 Å². The predicted octanol–water partition coefficient (Wildman–Crippen LogP) is -3.70. The van der Waals surface area contributed by atoms with Crippen molar-refractivity contribution in [1.82, 2.24) is 5.32 Å². The number of hydrogen-bond donors (Lipinski definition) is 9. The van der Waals surface area contributed by atoms with E-state index >= 15 is 0 Å². The first-order valence-electron chi connectivity index (χ1n) is 7.60. The van der Waals surface area contributed by atoms with Crippen LogP contribution in [0.3, 0.4) is 0 Å². The lowest BCUT2D eigenvalue weighted by Gasteiger charge is -2.24. The Labute approximate surface area is 161 Å². The van der Waals surface area contributed by atoms with Crippen LogP contribution in [0.2, 0.25) is 0 Å². The molecule has 1 unspecified atom stereocenters. The van der Waals surface area contributed by atoms with Crippen molar-refractivity contribution in [1.29, 1.82) is 0 Å². The summed E-state index contributed by atoms with van der Waals surface area (Å²) < 4.78 is 0. The number of carbonyl (C=O) groups is 2. The third kappa shape index (κ3) is 22.0. The highest BCUT2D eigenvalue weighted by atomic mass is 16.4. The van der Waals surface area contributed by atoms with Crippen molar-refractivity contribution in [2.45, 2.75) is 30.6 Å². The van der Waals surface area contributed by atoms with E-state index in [2.05, 4.69) is 39.5 Å². The summed E-state index contributed by atoms with van der Waals surface area (Å²) in [5, 5.41) is 38.7. The van der Waals surface area contributed by atoms with Crippen molar-refractivity contribution < 1.29 is 30.0 Å². The molecular formula is C16H37N5O6. The van der Waals surface area contributed by atoms with Gasteiger partial charge in [-0.25, -0.2) is 0 Å². The molecule has 0 fully saturated rings. The Bertz CT molecular complexity index is 332. The van der Waals surface area contributed by atoms with Crippen LogP contribution in [0.15, 0.2) is 39.5 Å². The number of aldehydes is 1. The Balaban J connectivity index is -0.000000136. The molecule has 0 saturated carbocycles. The SMILES string of the molecule is C=C.C=C.C=C.NCC(N)NC(=O)[C@H](O)[C@@H](O)[C@H](O)[C@H](O)C=O.NCCN. The highest BCUT2D eigenvalue weighted by molar-refractivity contribution is 5.81. The predicted molar refractivity (Wildman–Crippen MR) is 107 cm³/mol. The quantitative estimate of drug-likeness (QED) is 0.111. The van der Waals surface area contributed by atoms with Crippen molar-refractivity contribution in [2.75, 3.05) is 19.6 Å². The van der Waals surface area contributed by atoms with Crippen LogP contribution in [-0.2, 0) is 9.59 Å². The second kappa shape index (κ2) is 28.8. The second-order valence-corrected chi connectivity index (χ2v) is 3.98. The van der Waals surface area contributed by atoms with Crippen LogP contribution in [0.4, 0.5) is 0 Å². The van der Waals surface area contributed by atoms with Crippen molar-refractivity contribution in [3.63, 3.8) is 0 Å². The van der Waals surface area contributed by atoms with Gasteiger partial charge in [0.15, 0.2) is 12.4 Å². The molecule has 162 valence electrons. The fourth-order valence-corrected chi connectivity index (χ4v) is 0.951. The summed E-state index contributed by atoms with van der Waals surface area (Å²) in [7, 11) is 0. The van der Waals surface area contributed by atoms with Crippen LogP contribution in [-0.4, -0.2) is 82.8 Å². The van der Waals surface area contributed by atoms with E-state index in [1.165, 1.54) is 0 Å². The lowest BCUT2D eigenvalue weighted by molar-refractivity contribution is -0.150. The van der Waals surface area contributed by atoms with E-state index in [-0.39, 0.29) is 12.8 Å². The topological polar surface area (TPSA) is 231 Å². The molecule has 0 bridgehead atoms. The first-order valence-corrected chi connectivity index (χ1v) is 7.60. The van der Waals surface area contributed by atoms with Crippen molar-refractivity contribution in [2.24, 2.45) is 22.9 Å². The molecule has 27 heavy (non-hydrogen) atoms. The molecule has 0 radical (unpaired) electrons. The van der Waals surface area contributed by atoms with Gasteiger partial charge in [-0.15, -0.1) is 39.5 Å². The van der Waals surface area contributed by atoms with Gasteiger partial charge in [-0.3, -0.25) is 4.79 Å². The molecule has 0 aromatic carbocycles. The molecule has 0 aromatic rings. The van der Waals surface area contributed by atoms with Crippen molar-refractivity contribution in [3.8, 4) is 0 Å². The van der Waals surface area contributed by atoms with Crippen LogP contribution in [0.25, 0.3) is 0 Å². The van der Waals surface area contributed by atoms with Gasteiger partial charge in [0.2, 0.25) is 0 Å². The van der Waals surface area contributed by atoms with Crippen LogP contribution >= 0.6 is 0 Å². The monoisotopic (exact) mass is 395 g/mol. The molecule has 13 N–H and O–H groups in total. The van der Waals surface area contributed by atoms with Crippen molar-refractivity contribution >= 4 is 12.2 Å². The zero-order chi connectivity index (χ0) is 23.0. The van der Waals surface area contributed by atoms with Crippen LogP contribution in [0.1, 0.15) is 0 Å².